The first-order valence-corrected chi connectivity index (χ1v) is 9.72. The Bertz CT molecular complexity index is 919. The Kier molecular flexibility index (Phi) is 4.24. The number of rotatable bonds is 4. The van der Waals surface area contributed by atoms with Crippen molar-refractivity contribution in [2.75, 3.05) is 5.32 Å². The summed E-state index contributed by atoms with van der Waals surface area (Å²) in [5.74, 6) is -3.37. The van der Waals surface area contributed by atoms with Crippen LogP contribution in [-0.4, -0.2) is 40.6 Å². The fourth-order valence-electron chi connectivity index (χ4n) is 4.99. The van der Waals surface area contributed by atoms with Crippen LogP contribution in [0.15, 0.2) is 18.2 Å². The Morgan fingerprint density at radius 3 is 2.71 bits per heavy atom. The van der Waals surface area contributed by atoms with E-state index in [1.54, 1.807) is 30.4 Å². The number of nitrogens with one attached hydrogen (secondary N) is 1. The minimum atomic E-state index is -1.33. The number of benzene rings is 1. The lowest BCUT2D eigenvalue weighted by atomic mass is 9.76. The van der Waals surface area contributed by atoms with Crippen LogP contribution in [0.3, 0.4) is 0 Å². The number of fused-ring (bicyclic) bond motifs is 4. The maximum Gasteiger partial charge on any atom is 0.291 e. The number of hydrogen-bond acceptors (Lipinski definition) is 4. The van der Waals surface area contributed by atoms with E-state index in [2.05, 4.69) is 5.32 Å². The summed E-state index contributed by atoms with van der Waals surface area (Å²) in [5.41, 5.74) is 5.20. The molecule has 3 aliphatic rings. The van der Waals surface area contributed by atoms with E-state index in [0.717, 1.165) is 0 Å². The number of primary amides is 1. The highest BCUT2D eigenvalue weighted by Crippen LogP contribution is 2.50. The minimum Gasteiger partial charge on any atom is -0.369 e. The maximum atomic E-state index is 13.4. The van der Waals surface area contributed by atoms with Crippen molar-refractivity contribution in [3.63, 3.8) is 0 Å². The van der Waals surface area contributed by atoms with Crippen LogP contribution < -0.4 is 16.4 Å². The van der Waals surface area contributed by atoms with Crippen LogP contribution in [0.2, 0.25) is 5.02 Å². The summed E-state index contributed by atoms with van der Waals surface area (Å²) < 4.78 is 0. The lowest BCUT2D eigenvalue weighted by Crippen LogP contribution is -2.99. The van der Waals surface area contributed by atoms with E-state index in [0.29, 0.717) is 22.7 Å². The van der Waals surface area contributed by atoms with E-state index < -0.39 is 29.3 Å². The van der Waals surface area contributed by atoms with Crippen LogP contribution >= 0.6 is 11.6 Å². The number of likely N-dealkylation sites (tertiary alicyclic amines) is 1. The van der Waals surface area contributed by atoms with Crippen LogP contribution in [0.5, 0.6) is 0 Å². The average Bonchev–Trinajstić information content (AvgIpc) is 3.20. The number of amides is 4. The lowest BCUT2D eigenvalue weighted by molar-refractivity contribution is -0.732. The summed E-state index contributed by atoms with van der Waals surface area (Å²) in [6.07, 6.45) is 0.502. The molecule has 0 bridgehead atoms. The summed E-state index contributed by atoms with van der Waals surface area (Å²) in [5, 5.41) is 4.91. The Morgan fingerprint density at radius 1 is 1.36 bits per heavy atom. The monoisotopic (exact) mass is 405 g/mol. The summed E-state index contributed by atoms with van der Waals surface area (Å²) >= 11 is 6.17. The van der Waals surface area contributed by atoms with Crippen LogP contribution in [0.25, 0.3) is 0 Å². The zero-order valence-electron chi connectivity index (χ0n) is 15.6. The average molecular weight is 406 g/mol. The first-order chi connectivity index (χ1) is 13.2. The van der Waals surface area contributed by atoms with Crippen molar-refractivity contribution in [1.29, 1.82) is 0 Å². The molecule has 0 radical (unpaired) electrons. The van der Waals surface area contributed by atoms with Gasteiger partial charge in [-0.05, 0) is 31.5 Å². The molecule has 148 valence electrons. The number of imide groups is 1. The summed E-state index contributed by atoms with van der Waals surface area (Å²) in [6.45, 7) is 3.69. The van der Waals surface area contributed by atoms with Gasteiger partial charge >= 0.3 is 0 Å². The Labute approximate surface area is 166 Å². The van der Waals surface area contributed by atoms with Crippen molar-refractivity contribution in [2.45, 2.75) is 44.3 Å². The highest BCUT2D eigenvalue weighted by atomic mass is 35.5. The Morgan fingerprint density at radius 2 is 2.07 bits per heavy atom. The normalized spacial score (nSPS) is 31.9. The van der Waals surface area contributed by atoms with Gasteiger partial charge in [-0.3, -0.25) is 24.1 Å². The number of hydrogen-bond donors (Lipinski definition) is 3. The van der Waals surface area contributed by atoms with Gasteiger partial charge in [0, 0.05) is 16.6 Å². The molecule has 0 unspecified atom stereocenters. The molecule has 8 nitrogen and oxygen atoms in total. The molecular weight excluding hydrogens is 384 g/mol. The van der Waals surface area contributed by atoms with E-state index in [9.17, 15) is 19.2 Å². The molecule has 4 amide bonds. The molecule has 1 aromatic carbocycles. The quantitative estimate of drug-likeness (QED) is 0.595. The summed E-state index contributed by atoms with van der Waals surface area (Å²) in [4.78, 5) is 52.6. The van der Waals surface area contributed by atoms with Gasteiger partial charge < -0.3 is 16.4 Å². The molecule has 4 rings (SSSR count). The smallest absolute Gasteiger partial charge is 0.291 e. The highest BCUT2D eigenvalue weighted by molar-refractivity contribution is 6.31. The Hall–Kier alpha value is -2.45. The second kappa shape index (κ2) is 6.28. The molecule has 2 fully saturated rings. The Balaban J connectivity index is 1.90. The molecule has 3 heterocycles. The molecule has 28 heavy (non-hydrogen) atoms. The summed E-state index contributed by atoms with van der Waals surface area (Å²) in [6, 6.07) is 4.10. The van der Waals surface area contributed by atoms with Gasteiger partial charge in [0.15, 0.2) is 0 Å². The van der Waals surface area contributed by atoms with Crippen LogP contribution in [0.1, 0.15) is 32.3 Å². The molecule has 0 aliphatic carbocycles. The predicted molar refractivity (Wildman–Crippen MR) is 99.9 cm³/mol. The summed E-state index contributed by atoms with van der Waals surface area (Å²) in [7, 11) is 0. The molecule has 2 saturated heterocycles. The molecule has 0 aromatic heterocycles. The van der Waals surface area contributed by atoms with Crippen molar-refractivity contribution in [2.24, 2.45) is 17.6 Å². The molecule has 3 aliphatic heterocycles. The first kappa shape index (κ1) is 18.9. The topological polar surface area (TPSA) is 126 Å². The number of quaternary nitrogens is 1. The van der Waals surface area contributed by atoms with Crippen molar-refractivity contribution in [1.82, 2.24) is 4.90 Å². The standard InChI is InChI=1S/C19H21ClN4O4/c1-3-8(2)24-16(26)14-12(7-13(21)25)23-19(15(14)17(24)27)10-6-9(20)4-5-11(10)22-18(19)28/h4-6,8,12,14-15,23H,3,7H2,1-2H3,(H2,21,25)(H,22,28)/p+1/t8-,12+,14+,15-,19+/m0/s1. The third-order valence-electron chi connectivity index (χ3n) is 6.33. The predicted octanol–water partition coefficient (Wildman–Crippen LogP) is -0.292. The number of nitrogens with two attached hydrogens (primary N) is 2. The minimum absolute atomic E-state index is 0.0978. The largest absolute Gasteiger partial charge is 0.369 e. The van der Waals surface area contributed by atoms with Gasteiger partial charge in [0.25, 0.3) is 5.91 Å². The van der Waals surface area contributed by atoms with Gasteiger partial charge in [-0.25, -0.2) is 0 Å². The third-order valence-corrected chi connectivity index (χ3v) is 6.57. The van der Waals surface area contributed by atoms with Gasteiger partial charge in [0.05, 0.1) is 12.1 Å². The number of carbonyl (C=O) groups is 4. The van der Waals surface area contributed by atoms with Crippen molar-refractivity contribution in [3.8, 4) is 0 Å². The fourth-order valence-corrected chi connectivity index (χ4v) is 5.17. The van der Waals surface area contributed by atoms with Crippen molar-refractivity contribution < 1.29 is 24.5 Å². The van der Waals surface area contributed by atoms with E-state index in [1.807, 2.05) is 6.92 Å². The second-order valence-corrected chi connectivity index (χ2v) is 8.26. The van der Waals surface area contributed by atoms with Crippen molar-refractivity contribution in [3.05, 3.63) is 28.8 Å². The molecule has 5 atom stereocenters. The van der Waals surface area contributed by atoms with Crippen LogP contribution in [0.4, 0.5) is 5.69 Å². The van der Waals surface area contributed by atoms with E-state index in [-0.39, 0.29) is 30.2 Å². The number of carbonyl (C=O) groups excluding carboxylic acids is 4. The number of halogens is 1. The van der Waals surface area contributed by atoms with E-state index in [1.165, 1.54) is 4.90 Å². The molecular formula is C19H22ClN4O4+. The van der Waals surface area contributed by atoms with E-state index in [4.69, 9.17) is 17.3 Å². The van der Waals surface area contributed by atoms with Crippen molar-refractivity contribution >= 4 is 40.9 Å². The molecule has 0 saturated carbocycles. The first-order valence-electron chi connectivity index (χ1n) is 9.35. The van der Waals surface area contributed by atoms with Gasteiger partial charge in [-0.15, -0.1) is 0 Å². The SMILES string of the molecule is CC[C@H](C)N1C(=O)[C@H]2[C@@H](C1=O)[C@@]1([NH2+][C@@H]2CC(N)=O)C(=O)Nc2ccc(Cl)cc21. The zero-order valence-corrected chi connectivity index (χ0v) is 16.3. The lowest BCUT2D eigenvalue weighted by Gasteiger charge is -2.28. The fraction of sp³-hybridized carbons (Fsp3) is 0.474. The molecule has 1 spiro atoms. The highest BCUT2D eigenvalue weighted by Gasteiger charge is 2.74. The maximum absolute atomic E-state index is 13.4. The van der Waals surface area contributed by atoms with Crippen LogP contribution in [-0.2, 0) is 24.7 Å². The van der Waals surface area contributed by atoms with Crippen LogP contribution in [0, 0.1) is 11.8 Å². The third kappa shape index (κ3) is 2.34. The number of nitrogens with zero attached hydrogens (tertiary/aromatic N) is 1. The molecule has 5 N–H and O–H groups in total. The van der Waals surface area contributed by atoms with Gasteiger partial charge in [0.1, 0.15) is 17.9 Å². The zero-order chi connectivity index (χ0) is 20.4. The molecule has 9 heteroatoms. The van der Waals surface area contributed by atoms with E-state index >= 15 is 0 Å². The van der Waals surface area contributed by atoms with Gasteiger partial charge in [0.2, 0.25) is 23.3 Å². The number of anilines is 1. The second-order valence-electron chi connectivity index (χ2n) is 7.82. The van der Waals surface area contributed by atoms with Gasteiger partial charge in [-0.2, -0.15) is 0 Å². The van der Waals surface area contributed by atoms with Gasteiger partial charge in [-0.1, -0.05) is 18.5 Å². The molecule has 1 aromatic rings.